The van der Waals surface area contributed by atoms with E-state index in [-0.39, 0.29) is 69.2 Å². The van der Waals surface area contributed by atoms with Crippen molar-refractivity contribution in [3.63, 3.8) is 0 Å². The summed E-state index contributed by atoms with van der Waals surface area (Å²) in [5, 5.41) is 19.9. The Morgan fingerprint density at radius 2 is 1.66 bits per heavy atom. The zero-order chi connectivity index (χ0) is 23.9. The molecule has 5 nitrogen and oxygen atoms in total. The summed E-state index contributed by atoms with van der Waals surface area (Å²) in [6, 6.07) is 0. The Hall–Kier alpha value is -1.23. The van der Waals surface area contributed by atoms with Crippen LogP contribution in [0, 0.1) is 51.2 Å². The van der Waals surface area contributed by atoms with E-state index in [0.29, 0.717) is 25.7 Å². The average molecular weight is 447 g/mol. The fourth-order valence-corrected chi connectivity index (χ4v) is 9.38. The fourth-order valence-electron chi connectivity index (χ4n) is 9.38. The molecule has 4 rings (SSSR count). The van der Waals surface area contributed by atoms with Crippen molar-refractivity contribution >= 4 is 17.5 Å². The quantitative estimate of drug-likeness (QED) is 0.641. The highest BCUT2D eigenvalue weighted by Crippen LogP contribution is 2.73. The Bertz CT molecular complexity index is 832. The van der Waals surface area contributed by atoms with Gasteiger partial charge in [0.1, 0.15) is 11.6 Å². The van der Waals surface area contributed by atoms with E-state index in [1.165, 1.54) is 0 Å². The Morgan fingerprint density at radius 1 is 1.00 bits per heavy atom. The molecule has 0 heterocycles. The van der Waals surface area contributed by atoms with Crippen LogP contribution in [0.2, 0.25) is 0 Å². The molecule has 0 radical (unpaired) electrons. The molecule has 0 aromatic carbocycles. The molecule has 0 aliphatic heterocycles. The van der Waals surface area contributed by atoms with Gasteiger partial charge in [0, 0.05) is 31.1 Å². The number of Topliss-reactive ketones (excluding diaryl/α,β-unsaturated/α-hetero) is 2. The lowest BCUT2D eigenvalue weighted by Gasteiger charge is -2.65. The third-order valence-corrected chi connectivity index (χ3v) is 11.5. The zero-order valence-corrected chi connectivity index (χ0v) is 20.7. The van der Waals surface area contributed by atoms with E-state index in [4.69, 9.17) is 5.11 Å². The number of hydrogen-bond acceptors (Lipinski definition) is 4. The van der Waals surface area contributed by atoms with Gasteiger partial charge in [0.25, 0.3) is 0 Å². The van der Waals surface area contributed by atoms with E-state index < -0.39 is 12.1 Å². The van der Waals surface area contributed by atoms with Gasteiger partial charge in [0.15, 0.2) is 0 Å². The van der Waals surface area contributed by atoms with Crippen molar-refractivity contribution < 1.29 is 24.6 Å². The smallest absolute Gasteiger partial charge is 0.303 e. The summed E-state index contributed by atoms with van der Waals surface area (Å²) >= 11 is 0. The Labute approximate surface area is 192 Å². The molecule has 0 aromatic heterocycles. The molecule has 0 amide bonds. The molecule has 2 N–H and O–H groups in total. The summed E-state index contributed by atoms with van der Waals surface area (Å²) < 4.78 is 0. The molecular weight excluding hydrogens is 404 g/mol. The SMILES string of the molecule is C[C@H](CCC(=O)O)[C@H]1CC[C@@]2(C)[C@@H]3C(=O)C[C@H]4C(C)(C)[C@@H](O)CC[C@]4(C)[C@H]3C(=O)C[C@]12C. The number of aliphatic hydroxyl groups is 1. The second-order valence-electron chi connectivity index (χ2n) is 13.1. The van der Waals surface area contributed by atoms with Crippen molar-refractivity contribution in [2.75, 3.05) is 0 Å². The van der Waals surface area contributed by atoms with E-state index in [9.17, 15) is 19.5 Å². The topological polar surface area (TPSA) is 91.7 Å². The molecule has 4 saturated carbocycles. The zero-order valence-electron chi connectivity index (χ0n) is 20.7. The second-order valence-corrected chi connectivity index (χ2v) is 13.1. The number of carboxylic acids is 1. The predicted molar refractivity (Wildman–Crippen MR) is 122 cm³/mol. The van der Waals surface area contributed by atoms with Crippen molar-refractivity contribution in [2.45, 2.75) is 99.0 Å². The average Bonchev–Trinajstić information content (AvgIpc) is 2.96. The van der Waals surface area contributed by atoms with E-state index in [1.807, 2.05) is 0 Å². The van der Waals surface area contributed by atoms with Crippen molar-refractivity contribution in [3.05, 3.63) is 0 Å². The maximum atomic E-state index is 13.9. The molecule has 0 unspecified atom stereocenters. The van der Waals surface area contributed by atoms with Gasteiger partial charge in [0.05, 0.1) is 6.10 Å². The first-order valence-corrected chi connectivity index (χ1v) is 12.7. The summed E-state index contributed by atoms with van der Waals surface area (Å²) in [6.45, 7) is 13.0. The molecule has 9 atom stereocenters. The van der Waals surface area contributed by atoms with Gasteiger partial charge in [-0.05, 0) is 71.5 Å². The van der Waals surface area contributed by atoms with Crippen LogP contribution in [0.3, 0.4) is 0 Å². The highest BCUT2D eigenvalue weighted by Gasteiger charge is 2.72. The van der Waals surface area contributed by atoms with E-state index >= 15 is 0 Å². The van der Waals surface area contributed by atoms with Crippen molar-refractivity contribution in [1.82, 2.24) is 0 Å². The van der Waals surface area contributed by atoms with Crippen LogP contribution in [0.15, 0.2) is 0 Å². The van der Waals surface area contributed by atoms with Gasteiger partial charge >= 0.3 is 5.97 Å². The summed E-state index contributed by atoms with van der Waals surface area (Å²) in [6.07, 6.45) is 4.66. The third kappa shape index (κ3) is 3.02. The summed E-state index contributed by atoms with van der Waals surface area (Å²) in [5.74, 6) is -0.320. The molecule has 0 saturated heterocycles. The number of ketones is 2. The third-order valence-electron chi connectivity index (χ3n) is 11.5. The minimum absolute atomic E-state index is 0.0242. The maximum absolute atomic E-state index is 13.9. The number of aliphatic hydroxyl groups excluding tert-OH is 1. The molecule has 4 fully saturated rings. The molecule has 180 valence electrons. The molecule has 0 bridgehead atoms. The minimum atomic E-state index is -0.772. The fraction of sp³-hybridized carbons (Fsp3) is 0.889. The van der Waals surface area contributed by atoms with Crippen LogP contribution in [0.25, 0.3) is 0 Å². The predicted octanol–water partition coefficient (Wildman–Crippen LogP) is 4.89. The van der Waals surface area contributed by atoms with Crippen molar-refractivity contribution in [2.24, 2.45) is 51.2 Å². The number of aliphatic carboxylic acids is 1. The number of hydrogen-bond donors (Lipinski definition) is 2. The van der Waals surface area contributed by atoms with Gasteiger partial charge in [-0.25, -0.2) is 0 Å². The van der Waals surface area contributed by atoms with Gasteiger partial charge < -0.3 is 10.2 Å². The number of fused-ring (bicyclic) bond motifs is 5. The van der Waals surface area contributed by atoms with Crippen LogP contribution in [0.1, 0.15) is 92.9 Å². The Balaban J connectivity index is 1.72. The Kier molecular flexibility index (Phi) is 5.52. The van der Waals surface area contributed by atoms with Crippen LogP contribution in [-0.4, -0.2) is 33.9 Å². The number of carboxylic acid groups (broad SMARTS) is 1. The first-order chi connectivity index (χ1) is 14.7. The van der Waals surface area contributed by atoms with Crippen LogP contribution in [-0.2, 0) is 14.4 Å². The van der Waals surface area contributed by atoms with Gasteiger partial charge in [0.2, 0.25) is 0 Å². The van der Waals surface area contributed by atoms with Gasteiger partial charge in [-0.15, -0.1) is 0 Å². The lowest BCUT2D eigenvalue weighted by Crippen LogP contribution is -2.66. The van der Waals surface area contributed by atoms with E-state index in [1.54, 1.807) is 0 Å². The minimum Gasteiger partial charge on any atom is -0.481 e. The van der Waals surface area contributed by atoms with Gasteiger partial charge in [-0.1, -0.05) is 41.5 Å². The molecule has 4 aliphatic carbocycles. The molecular formula is C27H42O5. The van der Waals surface area contributed by atoms with Gasteiger partial charge in [-0.3, -0.25) is 14.4 Å². The largest absolute Gasteiger partial charge is 0.481 e. The molecule has 0 spiro atoms. The highest BCUT2D eigenvalue weighted by molar-refractivity contribution is 5.94. The standard InChI is InChI=1S/C27H42O5/c1-15(7-8-21(31)32)16-9-12-26(5)23-17(28)13-19-24(2,3)20(30)10-11-25(19,4)22(23)18(29)14-27(16,26)6/h15-16,19-20,22-23,30H,7-14H2,1-6H3,(H,31,32)/t15-,16-,19+,20+,22+,23-,25+,26+,27-/m1/s1. The monoisotopic (exact) mass is 446 g/mol. The number of rotatable bonds is 4. The summed E-state index contributed by atoms with van der Waals surface area (Å²) in [7, 11) is 0. The Morgan fingerprint density at radius 3 is 2.28 bits per heavy atom. The molecule has 32 heavy (non-hydrogen) atoms. The molecule has 0 aromatic rings. The van der Waals surface area contributed by atoms with E-state index in [0.717, 1.165) is 19.3 Å². The highest BCUT2D eigenvalue weighted by atomic mass is 16.4. The van der Waals surface area contributed by atoms with Crippen molar-refractivity contribution in [3.8, 4) is 0 Å². The lowest BCUT2D eigenvalue weighted by atomic mass is 9.37. The lowest BCUT2D eigenvalue weighted by molar-refractivity contribution is -0.200. The van der Waals surface area contributed by atoms with E-state index in [2.05, 4.69) is 41.5 Å². The molecule has 5 heteroatoms. The number of carbonyl (C=O) groups is 3. The van der Waals surface area contributed by atoms with Crippen LogP contribution < -0.4 is 0 Å². The van der Waals surface area contributed by atoms with Crippen LogP contribution >= 0.6 is 0 Å². The summed E-state index contributed by atoms with van der Waals surface area (Å²) in [4.78, 5) is 38.9. The summed E-state index contributed by atoms with van der Waals surface area (Å²) in [5.41, 5.74) is -1.14. The normalized spacial score (nSPS) is 48.5. The van der Waals surface area contributed by atoms with Gasteiger partial charge in [-0.2, -0.15) is 0 Å². The van der Waals surface area contributed by atoms with Crippen LogP contribution in [0.4, 0.5) is 0 Å². The first-order valence-electron chi connectivity index (χ1n) is 12.7. The van der Waals surface area contributed by atoms with Crippen LogP contribution in [0.5, 0.6) is 0 Å². The number of carbonyl (C=O) groups excluding carboxylic acids is 2. The second kappa shape index (κ2) is 7.38. The first kappa shape index (κ1) is 23.9. The van der Waals surface area contributed by atoms with Crippen molar-refractivity contribution in [1.29, 1.82) is 0 Å². The molecule has 4 aliphatic rings. The maximum Gasteiger partial charge on any atom is 0.303 e.